The summed E-state index contributed by atoms with van der Waals surface area (Å²) < 4.78 is 34.3. The molecule has 0 unspecified atom stereocenters. The predicted octanol–water partition coefficient (Wildman–Crippen LogP) is 0.447. The fourth-order valence-electron chi connectivity index (χ4n) is 0.895. The molecular formula is C9H19NO4S. The molecule has 0 aromatic rings. The fourth-order valence-corrected chi connectivity index (χ4v) is 1.40. The number of nitrogens with one attached hydrogen (secondary N) is 1. The Morgan fingerprint density at radius 1 is 1.47 bits per heavy atom. The summed E-state index contributed by atoms with van der Waals surface area (Å²) in [7, 11) is -3.82. The lowest BCUT2D eigenvalue weighted by molar-refractivity contribution is 0.158. The van der Waals surface area contributed by atoms with E-state index in [1.165, 1.54) is 0 Å². The standard InChI is InChI=1S/C9H19NO4S/c1-9(2)8-14-6-5-10-4-3-7-15(11,12)13/h10H,1,3-8H2,2H3,(H,11,12,13). The van der Waals surface area contributed by atoms with Crippen molar-refractivity contribution in [2.45, 2.75) is 13.3 Å². The van der Waals surface area contributed by atoms with Crippen LogP contribution in [0.25, 0.3) is 0 Å². The smallest absolute Gasteiger partial charge is 0.264 e. The van der Waals surface area contributed by atoms with Crippen molar-refractivity contribution < 1.29 is 17.7 Å². The molecule has 0 bridgehead atoms. The van der Waals surface area contributed by atoms with Crippen LogP contribution in [0.15, 0.2) is 12.2 Å². The van der Waals surface area contributed by atoms with Crippen LogP contribution in [-0.4, -0.2) is 45.0 Å². The third kappa shape index (κ3) is 13.6. The third-order valence-corrected chi connectivity index (χ3v) is 2.33. The van der Waals surface area contributed by atoms with E-state index in [2.05, 4.69) is 11.9 Å². The van der Waals surface area contributed by atoms with Crippen molar-refractivity contribution in [1.29, 1.82) is 0 Å². The summed E-state index contributed by atoms with van der Waals surface area (Å²) in [5, 5.41) is 3.00. The van der Waals surface area contributed by atoms with Gasteiger partial charge in [-0.1, -0.05) is 12.2 Å². The molecule has 2 N–H and O–H groups in total. The van der Waals surface area contributed by atoms with Crippen LogP contribution in [0.1, 0.15) is 13.3 Å². The van der Waals surface area contributed by atoms with E-state index >= 15 is 0 Å². The molecule has 0 aliphatic carbocycles. The molecule has 0 saturated carbocycles. The monoisotopic (exact) mass is 237 g/mol. The topological polar surface area (TPSA) is 75.6 Å². The molecule has 0 saturated heterocycles. The Bertz CT molecular complexity index is 274. The molecule has 0 atom stereocenters. The molecule has 90 valence electrons. The molecule has 0 aliphatic rings. The van der Waals surface area contributed by atoms with E-state index in [4.69, 9.17) is 9.29 Å². The van der Waals surface area contributed by atoms with Gasteiger partial charge in [0.05, 0.1) is 19.0 Å². The van der Waals surface area contributed by atoms with E-state index in [1.807, 2.05) is 6.92 Å². The van der Waals surface area contributed by atoms with Crippen LogP contribution in [0.5, 0.6) is 0 Å². The second kappa shape index (κ2) is 7.81. The molecule has 0 spiro atoms. The highest BCUT2D eigenvalue weighted by Crippen LogP contribution is 1.88. The SMILES string of the molecule is C=C(C)COCCNCCCS(=O)(=O)O. The van der Waals surface area contributed by atoms with Gasteiger partial charge in [-0.25, -0.2) is 0 Å². The molecular weight excluding hydrogens is 218 g/mol. The first kappa shape index (κ1) is 14.6. The van der Waals surface area contributed by atoms with Crippen molar-refractivity contribution in [2.75, 3.05) is 32.1 Å². The van der Waals surface area contributed by atoms with Gasteiger partial charge in [-0.05, 0) is 19.9 Å². The van der Waals surface area contributed by atoms with Gasteiger partial charge in [-0.3, -0.25) is 4.55 Å². The van der Waals surface area contributed by atoms with Crippen molar-refractivity contribution in [2.24, 2.45) is 0 Å². The fraction of sp³-hybridized carbons (Fsp3) is 0.778. The molecule has 15 heavy (non-hydrogen) atoms. The van der Waals surface area contributed by atoms with E-state index < -0.39 is 10.1 Å². The van der Waals surface area contributed by atoms with Gasteiger partial charge >= 0.3 is 0 Å². The molecule has 0 amide bonds. The summed E-state index contributed by atoms with van der Waals surface area (Å²) in [6.45, 7) is 7.91. The van der Waals surface area contributed by atoms with Crippen LogP contribution in [-0.2, 0) is 14.9 Å². The van der Waals surface area contributed by atoms with Gasteiger partial charge in [0.1, 0.15) is 0 Å². The Hall–Kier alpha value is -0.430. The zero-order valence-electron chi connectivity index (χ0n) is 9.03. The van der Waals surface area contributed by atoms with Gasteiger partial charge in [0.25, 0.3) is 10.1 Å². The second-order valence-corrected chi connectivity index (χ2v) is 4.97. The number of hydrogen-bond acceptors (Lipinski definition) is 4. The summed E-state index contributed by atoms with van der Waals surface area (Å²) in [4.78, 5) is 0. The van der Waals surface area contributed by atoms with E-state index in [0.717, 1.165) is 5.57 Å². The molecule has 0 heterocycles. The average Bonchev–Trinajstić information content (AvgIpc) is 2.07. The summed E-state index contributed by atoms with van der Waals surface area (Å²) in [5.74, 6) is -0.202. The Balaban J connectivity index is 3.16. The highest BCUT2D eigenvalue weighted by molar-refractivity contribution is 7.85. The van der Waals surface area contributed by atoms with Gasteiger partial charge in [-0.2, -0.15) is 8.42 Å². The Kier molecular flexibility index (Phi) is 7.59. The predicted molar refractivity (Wildman–Crippen MR) is 59.5 cm³/mol. The normalized spacial score (nSPS) is 11.6. The Morgan fingerprint density at radius 3 is 2.67 bits per heavy atom. The summed E-state index contributed by atoms with van der Waals surface area (Å²) >= 11 is 0. The van der Waals surface area contributed by atoms with E-state index in [-0.39, 0.29) is 5.75 Å². The van der Waals surface area contributed by atoms with Gasteiger partial charge in [0.2, 0.25) is 0 Å². The number of ether oxygens (including phenoxy) is 1. The first-order valence-electron chi connectivity index (χ1n) is 4.80. The minimum Gasteiger partial charge on any atom is -0.376 e. The quantitative estimate of drug-likeness (QED) is 0.346. The van der Waals surface area contributed by atoms with Crippen molar-refractivity contribution >= 4 is 10.1 Å². The highest BCUT2D eigenvalue weighted by Gasteiger charge is 2.02. The minimum absolute atomic E-state index is 0.202. The van der Waals surface area contributed by atoms with Crippen LogP contribution in [0.4, 0.5) is 0 Å². The lowest BCUT2D eigenvalue weighted by atomic mass is 10.4. The molecule has 0 radical (unpaired) electrons. The zero-order valence-corrected chi connectivity index (χ0v) is 9.85. The number of hydrogen-bond donors (Lipinski definition) is 2. The van der Waals surface area contributed by atoms with Gasteiger partial charge in [0, 0.05) is 6.54 Å². The highest BCUT2D eigenvalue weighted by atomic mass is 32.2. The Morgan fingerprint density at radius 2 is 2.13 bits per heavy atom. The van der Waals surface area contributed by atoms with Crippen molar-refractivity contribution in [3.05, 3.63) is 12.2 Å². The average molecular weight is 237 g/mol. The second-order valence-electron chi connectivity index (χ2n) is 3.40. The minimum atomic E-state index is -3.82. The zero-order chi connectivity index (χ0) is 11.7. The molecule has 0 aromatic heterocycles. The van der Waals surface area contributed by atoms with Gasteiger partial charge < -0.3 is 10.1 Å². The van der Waals surface area contributed by atoms with E-state index in [9.17, 15) is 8.42 Å². The van der Waals surface area contributed by atoms with Crippen molar-refractivity contribution in [3.63, 3.8) is 0 Å². The third-order valence-electron chi connectivity index (χ3n) is 1.53. The molecule has 5 nitrogen and oxygen atoms in total. The summed E-state index contributed by atoms with van der Waals surface area (Å²) in [5.41, 5.74) is 0.973. The van der Waals surface area contributed by atoms with Gasteiger partial charge in [-0.15, -0.1) is 0 Å². The van der Waals surface area contributed by atoms with Crippen LogP contribution >= 0.6 is 0 Å². The summed E-state index contributed by atoms with van der Waals surface area (Å²) in [6, 6.07) is 0. The Labute approximate surface area is 91.3 Å². The molecule has 0 fully saturated rings. The van der Waals surface area contributed by atoms with Crippen LogP contribution in [0, 0.1) is 0 Å². The van der Waals surface area contributed by atoms with Crippen LogP contribution in [0.2, 0.25) is 0 Å². The molecule has 6 heteroatoms. The van der Waals surface area contributed by atoms with E-state index in [1.54, 1.807) is 0 Å². The molecule has 0 aromatic carbocycles. The van der Waals surface area contributed by atoms with Crippen molar-refractivity contribution in [3.8, 4) is 0 Å². The lowest BCUT2D eigenvalue weighted by Crippen LogP contribution is -2.23. The lowest BCUT2D eigenvalue weighted by Gasteiger charge is -2.05. The van der Waals surface area contributed by atoms with E-state index in [0.29, 0.717) is 32.7 Å². The largest absolute Gasteiger partial charge is 0.376 e. The first-order chi connectivity index (χ1) is 6.92. The first-order valence-corrected chi connectivity index (χ1v) is 6.41. The van der Waals surface area contributed by atoms with Crippen molar-refractivity contribution in [1.82, 2.24) is 5.32 Å². The maximum atomic E-state index is 10.3. The number of rotatable bonds is 9. The summed E-state index contributed by atoms with van der Waals surface area (Å²) in [6.07, 6.45) is 0.402. The maximum Gasteiger partial charge on any atom is 0.264 e. The van der Waals surface area contributed by atoms with Crippen LogP contribution in [0.3, 0.4) is 0 Å². The molecule has 0 aliphatic heterocycles. The molecule has 0 rings (SSSR count). The van der Waals surface area contributed by atoms with Crippen LogP contribution < -0.4 is 5.32 Å². The maximum absolute atomic E-state index is 10.3. The van der Waals surface area contributed by atoms with Gasteiger partial charge in [0.15, 0.2) is 0 Å².